The SMILES string of the molecule is Oc1c(Cl)cccc1[C@H]1CCCN1. The summed E-state index contributed by atoms with van der Waals surface area (Å²) in [7, 11) is 0. The zero-order valence-electron chi connectivity index (χ0n) is 7.26. The first-order valence-electron chi connectivity index (χ1n) is 4.50. The molecule has 0 spiro atoms. The van der Waals surface area contributed by atoms with Gasteiger partial charge in [-0.2, -0.15) is 0 Å². The van der Waals surface area contributed by atoms with E-state index in [9.17, 15) is 5.11 Å². The van der Waals surface area contributed by atoms with Gasteiger partial charge in [-0.3, -0.25) is 0 Å². The van der Waals surface area contributed by atoms with Crippen molar-refractivity contribution < 1.29 is 5.11 Å². The summed E-state index contributed by atoms with van der Waals surface area (Å²) in [5.41, 5.74) is 0.921. The van der Waals surface area contributed by atoms with Gasteiger partial charge in [-0.05, 0) is 25.5 Å². The van der Waals surface area contributed by atoms with E-state index in [1.54, 1.807) is 6.07 Å². The van der Waals surface area contributed by atoms with Gasteiger partial charge < -0.3 is 10.4 Å². The number of benzene rings is 1. The van der Waals surface area contributed by atoms with Crippen molar-refractivity contribution in [1.82, 2.24) is 5.32 Å². The summed E-state index contributed by atoms with van der Waals surface area (Å²) >= 11 is 5.81. The molecular weight excluding hydrogens is 186 g/mol. The van der Waals surface area contributed by atoms with E-state index in [1.807, 2.05) is 12.1 Å². The molecule has 13 heavy (non-hydrogen) atoms. The molecule has 1 saturated heterocycles. The highest BCUT2D eigenvalue weighted by atomic mass is 35.5. The van der Waals surface area contributed by atoms with Crippen molar-refractivity contribution in [3.63, 3.8) is 0 Å². The maximum atomic E-state index is 9.69. The van der Waals surface area contributed by atoms with Crippen molar-refractivity contribution in [2.45, 2.75) is 18.9 Å². The first-order valence-corrected chi connectivity index (χ1v) is 4.87. The Morgan fingerprint density at radius 2 is 2.31 bits per heavy atom. The average molecular weight is 198 g/mol. The Bertz CT molecular complexity index is 308. The molecule has 0 saturated carbocycles. The van der Waals surface area contributed by atoms with Crippen LogP contribution in [0.15, 0.2) is 18.2 Å². The van der Waals surface area contributed by atoms with Crippen LogP contribution in [0, 0.1) is 0 Å². The maximum absolute atomic E-state index is 9.69. The van der Waals surface area contributed by atoms with E-state index < -0.39 is 0 Å². The fourth-order valence-corrected chi connectivity index (χ4v) is 1.95. The molecule has 1 aromatic carbocycles. The Kier molecular flexibility index (Phi) is 2.42. The van der Waals surface area contributed by atoms with Crippen LogP contribution in [0.4, 0.5) is 0 Å². The van der Waals surface area contributed by atoms with Gasteiger partial charge in [0, 0.05) is 11.6 Å². The molecule has 2 N–H and O–H groups in total. The quantitative estimate of drug-likeness (QED) is 0.725. The summed E-state index contributed by atoms with van der Waals surface area (Å²) in [6.07, 6.45) is 2.24. The molecule has 2 rings (SSSR count). The lowest BCUT2D eigenvalue weighted by Gasteiger charge is -2.12. The highest BCUT2D eigenvalue weighted by Crippen LogP contribution is 2.34. The van der Waals surface area contributed by atoms with Crippen LogP contribution in [-0.2, 0) is 0 Å². The van der Waals surface area contributed by atoms with E-state index in [0.717, 1.165) is 24.9 Å². The summed E-state index contributed by atoms with van der Waals surface area (Å²) in [4.78, 5) is 0. The minimum atomic E-state index is 0.226. The van der Waals surface area contributed by atoms with Crippen molar-refractivity contribution in [3.8, 4) is 5.75 Å². The number of phenols is 1. The standard InChI is InChI=1S/C10H12ClNO/c11-8-4-1-3-7(10(8)13)9-5-2-6-12-9/h1,3-4,9,12-13H,2,5-6H2/t9-/m1/s1. The first kappa shape index (κ1) is 8.85. The van der Waals surface area contributed by atoms with Crippen LogP contribution in [0.25, 0.3) is 0 Å². The van der Waals surface area contributed by atoms with Crippen molar-refractivity contribution in [2.75, 3.05) is 6.54 Å². The molecule has 1 heterocycles. The summed E-state index contributed by atoms with van der Waals surface area (Å²) in [5, 5.41) is 13.4. The lowest BCUT2D eigenvalue weighted by Crippen LogP contribution is -2.12. The van der Waals surface area contributed by atoms with Gasteiger partial charge >= 0.3 is 0 Å². The number of nitrogens with one attached hydrogen (secondary N) is 1. The summed E-state index contributed by atoms with van der Waals surface area (Å²) in [6, 6.07) is 5.77. The normalized spacial score (nSPS) is 22.1. The van der Waals surface area contributed by atoms with Crippen LogP contribution >= 0.6 is 11.6 Å². The number of hydrogen-bond donors (Lipinski definition) is 2. The molecule has 2 nitrogen and oxygen atoms in total. The smallest absolute Gasteiger partial charge is 0.138 e. The predicted molar refractivity (Wildman–Crippen MR) is 53.1 cm³/mol. The minimum absolute atomic E-state index is 0.226. The third-order valence-electron chi connectivity index (χ3n) is 2.45. The Morgan fingerprint density at radius 3 is 3.00 bits per heavy atom. The van der Waals surface area contributed by atoms with Gasteiger partial charge in [-0.15, -0.1) is 0 Å². The molecule has 1 aliphatic heterocycles. The van der Waals surface area contributed by atoms with Crippen molar-refractivity contribution in [1.29, 1.82) is 0 Å². The second-order valence-electron chi connectivity index (χ2n) is 3.33. The summed E-state index contributed by atoms with van der Waals surface area (Å²) in [5.74, 6) is 0.226. The molecular formula is C10H12ClNO. The van der Waals surface area contributed by atoms with Crippen LogP contribution in [-0.4, -0.2) is 11.7 Å². The fraction of sp³-hybridized carbons (Fsp3) is 0.400. The lowest BCUT2D eigenvalue weighted by molar-refractivity contribution is 0.457. The highest BCUT2D eigenvalue weighted by molar-refractivity contribution is 6.32. The highest BCUT2D eigenvalue weighted by Gasteiger charge is 2.19. The van der Waals surface area contributed by atoms with E-state index in [2.05, 4.69) is 5.32 Å². The molecule has 0 radical (unpaired) electrons. The van der Waals surface area contributed by atoms with E-state index in [4.69, 9.17) is 11.6 Å². The van der Waals surface area contributed by atoms with Gasteiger partial charge in [0.05, 0.1) is 5.02 Å². The third kappa shape index (κ3) is 1.64. The number of hydrogen-bond acceptors (Lipinski definition) is 2. The molecule has 0 bridgehead atoms. The van der Waals surface area contributed by atoms with Gasteiger partial charge in [0.1, 0.15) is 5.75 Å². The van der Waals surface area contributed by atoms with Crippen LogP contribution < -0.4 is 5.32 Å². The fourth-order valence-electron chi connectivity index (χ4n) is 1.76. The zero-order chi connectivity index (χ0) is 9.26. The summed E-state index contributed by atoms with van der Waals surface area (Å²) in [6.45, 7) is 1.02. The van der Waals surface area contributed by atoms with Gasteiger partial charge in [-0.25, -0.2) is 0 Å². The molecule has 0 unspecified atom stereocenters. The average Bonchev–Trinajstić information content (AvgIpc) is 2.62. The molecule has 3 heteroatoms. The van der Waals surface area contributed by atoms with Crippen LogP contribution in [0.5, 0.6) is 5.75 Å². The number of rotatable bonds is 1. The van der Waals surface area contributed by atoms with Crippen LogP contribution in [0.2, 0.25) is 5.02 Å². The monoisotopic (exact) mass is 197 g/mol. The molecule has 1 fully saturated rings. The Labute approximate surface area is 82.5 Å². The first-order chi connectivity index (χ1) is 6.29. The van der Waals surface area contributed by atoms with Crippen LogP contribution in [0.3, 0.4) is 0 Å². The number of para-hydroxylation sites is 1. The number of phenolic OH excluding ortho intramolecular Hbond substituents is 1. The van der Waals surface area contributed by atoms with Gasteiger partial charge in [-0.1, -0.05) is 23.7 Å². The Balaban J connectivity index is 2.33. The Hall–Kier alpha value is -0.730. The summed E-state index contributed by atoms with van der Waals surface area (Å²) < 4.78 is 0. The number of aromatic hydroxyl groups is 1. The molecule has 0 aromatic heterocycles. The largest absolute Gasteiger partial charge is 0.506 e. The lowest BCUT2D eigenvalue weighted by atomic mass is 10.0. The third-order valence-corrected chi connectivity index (χ3v) is 2.76. The molecule has 1 aromatic rings. The number of halogens is 1. The van der Waals surface area contributed by atoms with E-state index in [1.165, 1.54) is 0 Å². The molecule has 70 valence electrons. The second-order valence-corrected chi connectivity index (χ2v) is 3.73. The molecule has 0 amide bonds. The van der Waals surface area contributed by atoms with Crippen LogP contribution in [0.1, 0.15) is 24.4 Å². The Morgan fingerprint density at radius 1 is 1.46 bits per heavy atom. The molecule has 0 aliphatic carbocycles. The van der Waals surface area contributed by atoms with E-state index in [0.29, 0.717) is 5.02 Å². The topological polar surface area (TPSA) is 32.3 Å². The molecule has 1 atom stereocenters. The van der Waals surface area contributed by atoms with E-state index >= 15 is 0 Å². The van der Waals surface area contributed by atoms with Gasteiger partial charge in [0.25, 0.3) is 0 Å². The van der Waals surface area contributed by atoms with Crippen molar-refractivity contribution >= 4 is 11.6 Å². The van der Waals surface area contributed by atoms with Gasteiger partial charge in [0.2, 0.25) is 0 Å². The van der Waals surface area contributed by atoms with E-state index in [-0.39, 0.29) is 11.8 Å². The van der Waals surface area contributed by atoms with Crippen molar-refractivity contribution in [2.24, 2.45) is 0 Å². The predicted octanol–water partition coefficient (Wildman–Crippen LogP) is 2.47. The minimum Gasteiger partial charge on any atom is -0.506 e. The second kappa shape index (κ2) is 3.56. The van der Waals surface area contributed by atoms with Gasteiger partial charge in [0.15, 0.2) is 0 Å². The molecule has 1 aliphatic rings. The van der Waals surface area contributed by atoms with Crippen molar-refractivity contribution in [3.05, 3.63) is 28.8 Å². The zero-order valence-corrected chi connectivity index (χ0v) is 8.01. The maximum Gasteiger partial charge on any atom is 0.138 e.